The third-order valence-corrected chi connectivity index (χ3v) is 4.76. The lowest BCUT2D eigenvalue weighted by Crippen LogP contribution is -2.18. The second kappa shape index (κ2) is 9.17. The number of nitrogens with zero attached hydrogens (tertiary/aromatic N) is 3. The molecule has 1 amide bonds. The van der Waals surface area contributed by atoms with E-state index >= 15 is 0 Å². The fourth-order valence-electron chi connectivity index (χ4n) is 3.24. The fraction of sp³-hybridized carbons (Fsp3) is 0.120. The number of hydrogen-bond acceptors (Lipinski definition) is 5. The Kier molecular flexibility index (Phi) is 5.98. The molecule has 0 aliphatic rings. The SMILES string of the molecule is CCOc1ccc(-c2cc(C(=O)N/N=C/c3ccncc3)c3cc(C)ccc3n2)cc1. The van der Waals surface area contributed by atoms with E-state index in [4.69, 9.17) is 9.72 Å². The first-order chi connectivity index (χ1) is 15.1. The molecule has 154 valence electrons. The molecule has 4 rings (SSSR count). The lowest BCUT2D eigenvalue weighted by Gasteiger charge is -2.10. The number of aryl methyl sites for hydroxylation is 1. The molecule has 0 radical (unpaired) electrons. The molecule has 0 saturated carbocycles. The van der Waals surface area contributed by atoms with Gasteiger partial charge >= 0.3 is 0 Å². The number of aromatic nitrogens is 2. The van der Waals surface area contributed by atoms with Gasteiger partial charge in [0, 0.05) is 23.3 Å². The smallest absolute Gasteiger partial charge is 0.272 e. The van der Waals surface area contributed by atoms with Crippen molar-refractivity contribution in [3.05, 3.63) is 89.7 Å². The number of pyridine rings is 2. The van der Waals surface area contributed by atoms with Crippen molar-refractivity contribution in [1.29, 1.82) is 0 Å². The van der Waals surface area contributed by atoms with Crippen LogP contribution in [0.1, 0.15) is 28.4 Å². The van der Waals surface area contributed by atoms with Gasteiger partial charge in [0.2, 0.25) is 0 Å². The van der Waals surface area contributed by atoms with E-state index in [-0.39, 0.29) is 5.91 Å². The van der Waals surface area contributed by atoms with E-state index in [1.165, 1.54) is 0 Å². The molecular weight excluding hydrogens is 388 g/mol. The molecule has 0 unspecified atom stereocenters. The molecule has 2 aromatic heterocycles. The average Bonchev–Trinajstić information content (AvgIpc) is 2.80. The molecule has 6 nitrogen and oxygen atoms in total. The van der Waals surface area contributed by atoms with Crippen molar-refractivity contribution >= 4 is 23.0 Å². The van der Waals surface area contributed by atoms with Crippen molar-refractivity contribution in [2.75, 3.05) is 6.61 Å². The highest BCUT2D eigenvalue weighted by molar-refractivity contribution is 6.07. The Morgan fingerprint density at radius 2 is 1.84 bits per heavy atom. The van der Waals surface area contributed by atoms with Crippen LogP contribution in [0.5, 0.6) is 5.75 Å². The summed E-state index contributed by atoms with van der Waals surface area (Å²) in [6, 6.07) is 19.0. The molecule has 4 aromatic rings. The van der Waals surface area contributed by atoms with Gasteiger partial charge < -0.3 is 4.74 Å². The predicted octanol–water partition coefficient (Wildman–Crippen LogP) is 4.77. The van der Waals surface area contributed by atoms with Gasteiger partial charge in [-0.3, -0.25) is 9.78 Å². The van der Waals surface area contributed by atoms with Crippen LogP contribution < -0.4 is 10.2 Å². The van der Waals surface area contributed by atoms with Crippen LogP contribution in [0.3, 0.4) is 0 Å². The van der Waals surface area contributed by atoms with Gasteiger partial charge in [-0.05, 0) is 74.0 Å². The highest BCUT2D eigenvalue weighted by Crippen LogP contribution is 2.27. The van der Waals surface area contributed by atoms with Crippen molar-refractivity contribution in [2.45, 2.75) is 13.8 Å². The molecule has 0 bridgehead atoms. The Balaban J connectivity index is 1.69. The number of hydrogen-bond donors (Lipinski definition) is 1. The van der Waals surface area contributed by atoms with Crippen molar-refractivity contribution in [3.8, 4) is 17.0 Å². The Labute approximate surface area is 180 Å². The number of benzene rings is 2. The fourth-order valence-corrected chi connectivity index (χ4v) is 3.24. The lowest BCUT2D eigenvalue weighted by molar-refractivity contribution is 0.0956. The molecule has 0 atom stereocenters. The molecule has 0 aliphatic carbocycles. The first-order valence-electron chi connectivity index (χ1n) is 10.0. The number of hydrazone groups is 1. The highest BCUT2D eigenvalue weighted by atomic mass is 16.5. The minimum Gasteiger partial charge on any atom is -0.494 e. The first-order valence-corrected chi connectivity index (χ1v) is 10.0. The zero-order chi connectivity index (χ0) is 21.6. The van der Waals surface area contributed by atoms with Crippen LogP contribution in [0.15, 0.2) is 78.2 Å². The lowest BCUT2D eigenvalue weighted by atomic mass is 10.0. The number of carbonyl (C=O) groups is 1. The number of carbonyl (C=O) groups excluding carboxylic acids is 1. The van der Waals surface area contributed by atoms with E-state index in [2.05, 4.69) is 15.5 Å². The molecular formula is C25H22N4O2. The quantitative estimate of drug-likeness (QED) is 0.367. The van der Waals surface area contributed by atoms with Crippen LogP contribution >= 0.6 is 0 Å². The minimum atomic E-state index is -0.296. The summed E-state index contributed by atoms with van der Waals surface area (Å²) in [5.41, 5.74) is 7.41. The molecule has 0 saturated heterocycles. The molecule has 1 N–H and O–H groups in total. The summed E-state index contributed by atoms with van der Waals surface area (Å²) in [6.45, 7) is 4.54. The summed E-state index contributed by atoms with van der Waals surface area (Å²) in [4.78, 5) is 21.7. The van der Waals surface area contributed by atoms with Crippen LogP contribution in [-0.2, 0) is 0 Å². The van der Waals surface area contributed by atoms with Crippen LogP contribution in [-0.4, -0.2) is 28.7 Å². The van der Waals surface area contributed by atoms with Crippen molar-refractivity contribution in [3.63, 3.8) is 0 Å². The van der Waals surface area contributed by atoms with Crippen LogP contribution in [0.4, 0.5) is 0 Å². The van der Waals surface area contributed by atoms with Gasteiger partial charge in [-0.1, -0.05) is 11.6 Å². The Morgan fingerprint density at radius 3 is 2.58 bits per heavy atom. The molecule has 0 fully saturated rings. The zero-order valence-corrected chi connectivity index (χ0v) is 17.4. The summed E-state index contributed by atoms with van der Waals surface area (Å²) >= 11 is 0. The maximum absolute atomic E-state index is 13.0. The Bertz CT molecular complexity index is 1240. The van der Waals surface area contributed by atoms with Crippen molar-refractivity contribution in [1.82, 2.24) is 15.4 Å². The van der Waals surface area contributed by atoms with Gasteiger partial charge in [0.15, 0.2) is 0 Å². The number of amides is 1. The highest BCUT2D eigenvalue weighted by Gasteiger charge is 2.14. The molecule has 31 heavy (non-hydrogen) atoms. The summed E-state index contributed by atoms with van der Waals surface area (Å²) in [6.07, 6.45) is 4.93. The molecule has 2 heterocycles. The van der Waals surface area contributed by atoms with E-state index in [1.54, 1.807) is 24.7 Å². The van der Waals surface area contributed by atoms with E-state index in [9.17, 15) is 4.79 Å². The zero-order valence-electron chi connectivity index (χ0n) is 17.4. The monoisotopic (exact) mass is 410 g/mol. The number of ether oxygens (including phenoxy) is 1. The van der Waals surface area contributed by atoms with E-state index in [1.807, 2.05) is 68.4 Å². The second-order valence-corrected chi connectivity index (χ2v) is 7.01. The van der Waals surface area contributed by atoms with Gasteiger partial charge in [-0.25, -0.2) is 10.4 Å². The number of rotatable bonds is 6. The number of nitrogens with one attached hydrogen (secondary N) is 1. The van der Waals surface area contributed by atoms with Gasteiger partial charge in [0.05, 0.1) is 29.6 Å². The van der Waals surface area contributed by atoms with Crippen LogP contribution in [0, 0.1) is 6.92 Å². The summed E-state index contributed by atoms with van der Waals surface area (Å²) in [7, 11) is 0. The average molecular weight is 410 g/mol. The maximum Gasteiger partial charge on any atom is 0.272 e. The van der Waals surface area contributed by atoms with Crippen molar-refractivity contribution < 1.29 is 9.53 Å². The Morgan fingerprint density at radius 1 is 1.06 bits per heavy atom. The number of fused-ring (bicyclic) bond motifs is 1. The predicted molar refractivity (Wildman–Crippen MR) is 122 cm³/mol. The standard InChI is InChI=1S/C25H22N4O2/c1-3-31-20-7-5-19(6-8-20)24-15-22(21-14-17(2)4-9-23(21)28-24)25(30)29-27-16-18-10-12-26-13-11-18/h4-16H,3H2,1-2H3,(H,29,30)/b27-16+. The van der Waals surface area contributed by atoms with E-state index in [0.717, 1.165) is 33.3 Å². The van der Waals surface area contributed by atoms with Gasteiger partial charge in [-0.2, -0.15) is 5.10 Å². The third-order valence-electron chi connectivity index (χ3n) is 4.76. The summed E-state index contributed by atoms with van der Waals surface area (Å²) in [5, 5.41) is 4.88. The molecule has 6 heteroatoms. The van der Waals surface area contributed by atoms with E-state index < -0.39 is 0 Å². The van der Waals surface area contributed by atoms with Crippen LogP contribution in [0.25, 0.3) is 22.2 Å². The third kappa shape index (κ3) is 4.75. The Hall–Kier alpha value is -4.06. The summed E-state index contributed by atoms with van der Waals surface area (Å²) in [5.74, 6) is 0.501. The van der Waals surface area contributed by atoms with Crippen molar-refractivity contribution in [2.24, 2.45) is 5.10 Å². The molecule has 0 aliphatic heterocycles. The first kappa shape index (κ1) is 20.2. The van der Waals surface area contributed by atoms with Crippen LogP contribution in [0.2, 0.25) is 0 Å². The molecule has 2 aromatic carbocycles. The minimum absolute atomic E-state index is 0.296. The maximum atomic E-state index is 13.0. The topological polar surface area (TPSA) is 76.5 Å². The molecule has 0 spiro atoms. The largest absolute Gasteiger partial charge is 0.494 e. The normalized spacial score (nSPS) is 11.0. The van der Waals surface area contributed by atoms with E-state index in [0.29, 0.717) is 17.9 Å². The second-order valence-electron chi connectivity index (χ2n) is 7.01. The summed E-state index contributed by atoms with van der Waals surface area (Å²) < 4.78 is 5.52. The van der Waals surface area contributed by atoms with Gasteiger partial charge in [0.25, 0.3) is 5.91 Å². The van der Waals surface area contributed by atoms with Gasteiger partial charge in [0.1, 0.15) is 5.75 Å². The van der Waals surface area contributed by atoms with Gasteiger partial charge in [-0.15, -0.1) is 0 Å².